The van der Waals surface area contributed by atoms with Crippen LogP contribution in [0.3, 0.4) is 0 Å². The first-order valence-electron chi connectivity index (χ1n) is 5.99. The molecule has 19 heavy (non-hydrogen) atoms. The summed E-state index contributed by atoms with van der Waals surface area (Å²) in [6, 6.07) is 0. The van der Waals surface area contributed by atoms with Crippen molar-refractivity contribution in [2.24, 2.45) is 0 Å². The van der Waals surface area contributed by atoms with Crippen LogP contribution >= 0.6 is 15.9 Å². The van der Waals surface area contributed by atoms with E-state index in [1.807, 2.05) is 6.92 Å². The first-order chi connectivity index (χ1) is 8.92. The molecule has 0 aromatic carbocycles. The molecule has 0 radical (unpaired) electrons. The normalized spacial score (nSPS) is 11.4. The molecule has 8 heteroatoms. The number of alkyl halides is 3. The predicted octanol–water partition coefficient (Wildman–Crippen LogP) is 3.82. The minimum atomic E-state index is -4.11. The summed E-state index contributed by atoms with van der Waals surface area (Å²) in [5.41, 5.74) is 0. The Balaban J connectivity index is 2.47. The highest BCUT2D eigenvalue weighted by molar-refractivity contribution is 9.10. The Hall–Kier alpha value is -1.05. The molecule has 0 spiro atoms. The molecule has 1 aromatic rings. The van der Waals surface area contributed by atoms with Crippen LogP contribution < -0.4 is 10.6 Å². The molecular weight excluding hydrogens is 325 g/mol. The fourth-order valence-corrected chi connectivity index (χ4v) is 1.64. The Morgan fingerprint density at radius 1 is 1.26 bits per heavy atom. The lowest BCUT2D eigenvalue weighted by Crippen LogP contribution is -2.12. The third-order valence-electron chi connectivity index (χ3n) is 2.21. The second-order valence-corrected chi connectivity index (χ2v) is 4.82. The van der Waals surface area contributed by atoms with Crippen molar-refractivity contribution in [2.45, 2.75) is 32.4 Å². The molecule has 0 aliphatic heterocycles. The third-order valence-corrected chi connectivity index (χ3v) is 2.79. The number of hydrogen-bond acceptors (Lipinski definition) is 4. The Morgan fingerprint density at radius 3 is 2.63 bits per heavy atom. The monoisotopic (exact) mass is 340 g/mol. The number of nitrogens with zero attached hydrogens (tertiary/aromatic N) is 2. The molecule has 4 nitrogen and oxygen atoms in total. The van der Waals surface area contributed by atoms with Crippen LogP contribution in [0, 0.1) is 0 Å². The van der Waals surface area contributed by atoms with E-state index in [1.54, 1.807) is 6.20 Å². The highest BCUT2D eigenvalue weighted by atomic mass is 79.9. The zero-order valence-corrected chi connectivity index (χ0v) is 12.1. The van der Waals surface area contributed by atoms with Crippen molar-refractivity contribution in [3.8, 4) is 0 Å². The second kappa shape index (κ2) is 7.52. The van der Waals surface area contributed by atoms with Crippen molar-refractivity contribution in [3.05, 3.63) is 10.7 Å². The van der Waals surface area contributed by atoms with Crippen LogP contribution in [0.1, 0.15) is 26.2 Å². The van der Waals surface area contributed by atoms with Crippen molar-refractivity contribution in [1.82, 2.24) is 9.97 Å². The van der Waals surface area contributed by atoms with Gasteiger partial charge in [-0.3, -0.25) is 0 Å². The lowest BCUT2D eigenvalue weighted by Gasteiger charge is -2.10. The summed E-state index contributed by atoms with van der Waals surface area (Å²) in [4.78, 5) is 8.24. The van der Waals surface area contributed by atoms with Crippen molar-refractivity contribution >= 4 is 27.7 Å². The van der Waals surface area contributed by atoms with Gasteiger partial charge in [0.05, 0.1) is 4.47 Å². The quantitative estimate of drug-likeness (QED) is 0.741. The number of halogens is 4. The van der Waals surface area contributed by atoms with Crippen molar-refractivity contribution in [3.63, 3.8) is 0 Å². The van der Waals surface area contributed by atoms with E-state index in [-0.39, 0.29) is 13.0 Å². The molecule has 2 N–H and O–H groups in total. The molecule has 0 unspecified atom stereocenters. The standard InChI is InChI=1S/C11H16BrF3N4/c1-2-5-17-10-18-7-8(12)9(19-10)16-6-3-4-11(13,14)15/h7H,2-6H2,1H3,(H2,16,17,18,19). The van der Waals surface area contributed by atoms with Gasteiger partial charge in [0.15, 0.2) is 0 Å². The topological polar surface area (TPSA) is 49.8 Å². The number of hydrogen-bond donors (Lipinski definition) is 2. The SMILES string of the molecule is CCCNc1ncc(Br)c(NCCCC(F)(F)F)n1. The van der Waals surface area contributed by atoms with E-state index in [9.17, 15) is 13.2 Å². The van der Waals surface area contributed by atoms with Crippen LogP contribution in [0.4, 0.5) is 24.9 Å². The molecule has 0 aliphatic carbocycles. The van der Waals surface area contributed by atoms with Gasteiger partial charge in [-0.05, 0) is 28.8 Å². The number of rotatable bonds is 7. The maximum absolute atomic E-state index is 12.0. The van der Waals surface area contributed by atoms with Crippen LogP contribution in [0.15, 0.2) is 10.7 Å². The van der Waals surface area contributed by atoms with Gasteiger partial charge in [-0.25, -0.2) is 4.98 Å². The van der Waals surface area contributed by atoms with Gasteiger partial charge in [-0.1, -0.05) is 6.92 Å². The highest BCUT2D eigenvalue weighted by Crippen LogP contribution is 2.23. The Labute approximate surface area is 118 Å². The van der Waals surface area contributed by atoms with Crippen LogP contribution in [0.25, 0.3) is 0 Å². The van der Waals surface area contributed by atoms with Crippen LogP contribution in [-0.2, 0) is 0 Å². The summed E-state index contributed by atoms with van der Waals surface area (Å²) < 4.78 is 36.6. The zero-order chi connectivity index (χ0) is 14.3. The molecule has 1 heterocycles. The molecule has 0 amide bonds. The maximum atomic E-state index is 12.0. The molecule has 0 saturated carbocycles. The van der Waals surface area contributed by atoms with Crippen molar-refractivity contribution in [2.75, 3.05) is 23.7 Å². The largest absolute Gasteiger partial charge is 0.389 e. The summed E-state index contributed by atoms with van der Waals surface area (Å²) in [5, 5.41) is 5.88. The average molecular weight is 341 g/mol. The van der Waals surface area contributed by atoms with Crippen molar-refractivity contribution < 1.29 is 13.2 Å². The van der Waals surface area contributed by atoms with Gasteiger partial charge in [-0.2, -0.15) is 18.2 Å². The number of anilines is 2. The smallest absolute Gasteiger partial charge is 0.369 e. The van der Waals surface area contributed by atoms with Gasteiger partial charge >= 0.3 is 6.18 Å². The number of aromatic nitrogens is 2. The van der Waals surface area contributed by atoms with E-state index in [1.165, 1.54) is 0 Å². The summed E-state index contributed by atoms with van der Waals surface area (Å²) >= 11 is 3.25. The van der Waals surface area contributed by atoms with E-state index in [4.69, 9.17) is 0 Å². The lowest BCUT2D eigenvalue weighted by atomic mass is 10.3. The minimum Gasteiger partial charge on any atom is -0.369 e. The first-order valence-corrected chi connectivity index (χ1v) is 6.78. The van der Waals surface area contributed by atoms with Gasteiger partial charge in [0.25, 0.3) is 0 Å². The van der Waals surface area contributed by atoms with E-state index < -0.39 is 12.6 Å². The van der Waals surface area contributed by atoms with E-state index in [0.717, 1.165) is 13.0 Å². The average Bonchev–Trinajstić information content (AvgIpc) is 2.33. The molecule has 0 bridgehead atoms. The molecule has 0 aliphatic rings. The molecule has 1 aromatic heterocycles. The van der Waals surface area contributed by atoms with Gasteiger partial charge < -0.3 is 10.6 Å². The summed E-state index contributed by atoms with van der Waals surface area (Å²) in [6.07, 6.45) is -2.40. The maximum Gasteiger partial charge on any atom is 0.389 e. The van der Waals surface area contributed by atoms with E-state index >= 15 is 0 Å². The summed E-state index contributed by atoms with van der Waals surface area (Å²) in [6.45, 7) is 2.97. The lowest BCUT2D eigenvalue weighted by molar-refractivity contribution is -0.134. The van der Waals surface area contributed by atoms with Crippen LogP contribution in [0.5, 0.6) is 0 Å². The fraction of sp³-hybridized carbons (Fsp3) is 0.636. The zero-order valence-electron chi connectivity index (χ0n) is 10.5. The first kappa shape index (κ1) is 16.0. The second-order valence-electron chi connectivity index (χ2n) is 3.96. The summed E-state index contributed by atoms with van der Waals surface area (Å²) in [7, 11) is 0. The van der Waals surface area contributed by atoms with E-state index in [0.29, 0.717) is 16.2 Å². The van der Waals surface area contributed by atoms with Gasteiger partial charge in [0.1, 0.15) is 5.82 Å². The highest BCUT2D eigenvalue weighted by Gasteiger charge is 2.25. The van der Waals surface area contributed by atoms with Gasteiger partial charge in [0, 0.05) is 25.7 Å². The Kier molecular flexibility index (Phi) is 6.33. The fourth-order valence-electron chi connectivity index (χ4n) is 1.31. The van der Waals surface area contributed by atoms with E-state index in [2.05, 4.69) is 36.5 Å². The molecule has 1 rings (SSSR count). The van der Waals surface area contributed by atoms with Crippen molar-refractivity contribution in [1.29, 1.82) is 0 Å². The third kappa shape index (κ3) is 6.60. The van der Waals surface area contributed by atoms with Crippen LogP contribution in [0.2, 0.25) is 0 Å². The van der Waals surface area contributed by atoms with Crippen LogP contribution in [-0.4, -0.2) is 29.2 Å². The molecule has 108 valence electrons. The number of nitrogens with one attached hydrogen (secondary N) is 2. The van der Waals surface area contributed by atoms with Gasteiger partial charge in [0.2, 0.25) is 5.95 Å². The molecule has 0 saturated heterocycles. The molecule has 0 fully saturated rings. The predicted molar refractivity (Wildman–Crippen MR) is 72.3 cm³/mol. The summed E-state index contributed by atoms with van der Waals surface area (Å²) in [5.74, 6) is 0.958. The van der Waals surface area contributed by atoms with Gasteiger partial charge in [-0.15, -0.1) is 0 Å². The Bertz CT molecular complexity index is 398. The minimum absolute atomic E-state index is 0.0116. The Morgan fingerprint density at radius 2 is 2.00 bits per heavy atom. The molecular formula is C11H16BrF3N4. The molecule has 0 atom stereocenters.